The van der Waals surface area contributed by atoms with Crippen molar-refractivity contribution in [3.63, 3.8) is 0 Å². The summed E-state index contributed by atoms with van der Waals surface area (Å²) in [5.41, 5.74) is 12.2. The lowest BCUT2D eigenvalue weighted by Gasteiger charge is -2.43. The van der Waals surface area contributed by atoms with Crippen LogP contribution < -0.4 is 46.7 Å². The first-order chi connectivity index (χ1) is 35.1. The Morgan fingerprint density at radius 2 is 1.69 bits per heavy atom. The highest BCUT2D eigenvalue weighted by molar-refractivity contribution is 7.47. The van der Waals surface area contributed by atoms with Crippen LogP contribution in [0.4, 0.5) is 17.6 Å². The number of carbonyl (C=O) groups excluding carboxylic acids is 1. The molecule has 0 radical (unpaired) electrons. The average Bonchev–Trinajstić information content (AvgIpc) is 3.85. The minimum atomic E-state index is -4.40. The number of likely N-dealkylation sites (N-methyl/N-ethyl adjacent to an activating group) is 2. The number of benzene rings is 3. The minimum Gasteiger partial charge on any atom is -0.478 e. The number of rotatable bonds is 14. The lowest BCUT2D eigenvalue weighted by Crippen LogP contribution is -2.49. The van der Waals surface area contributed by atoms with Crippen LogP contribution in [0.2, 0.25) is 0 Å². The molecular weight excluding hydrogens is 970 g/mol. The van der Waals surface area contributed by atoms with E-state index in [0.29, 0.717) is 54.1 Å². The number of anilines is 3. The maximum Gasteiger partial charge on any atom is 0.472 e. The number of phosphoric acid groups is 1. The van der Waals surface area contributed by atoms with E-state index in [9.17, 15) is 34.1 Å². The number of nitrogens with two attached hydrogens (primary N) is 1. The van der Waals surface area contributed by atoms with Crippen molar-refractivity contribution < 1.29 is 47.8 Å². The van der Waals surface area contributed by atoms with Crippen LogP contribution in [0.5, 0.6) is 11.5 Å². The number of aliphatic hydroxyl groups is 1. The number of ether oxygens (including phenoxy) is 2. The highest BCUT2D eigenvalue weighted by Crippen LogP contribution is 2.53. The molecule has 74 heavy (non-hydrogen) atoms. The number of phosphoric ester groups is 1. The Morgan fingerprint density at radius 1 is 0.946 bits per heavy atom. The van der Waals surface area contributed by atoms with Gasteiger partial charge in [0.15, 0.2) is 22.9 Å². The zero-order chi connectivity index (χ0) is 52.8. The first-order valence-corrected chi connectivity index (χ1v) is 26.6. The van der Waals surface area contributed by atoms with E-state index >= 15 is 0 Å². The summed E-state index contributed by atoms with van der Waals surface area (Å²) >= 11 is 0. The number of unbranched alkanes of at least 4 members (excludes halogenated alkanes) is 3. The zero-order valence-corrected chi connectivity index (χ0v) is 43.6. The van der Waals surface area contributed by atoms with Crippen molar-refractivity contribution in [2.45, 2.75) is 117 Å². The molecule has 8 N–H and O–H groups in total. The molecule has 7 heterocycles. The summed E-state index contributed by atoms with van der Waals surface area (Å²) in [6, 6.07) is 13.1. The van der Waals surface area contributed by atoms with Gasteiger partial charge >= 0.3 is 13.8 Å². The number of hydrogen-bond acceptors (Lipinski definition) is 14. The van der Waals surface area contributed by atoms with Crippen molar-refractivity contribution in [2.75, 3.05) is 48.7 Å². The number of hydrogen-bond donors (Lipinski definition) is 7. The van der Waals surface area contributed by atoms with Crippen molar-refractivity contribution in [3.05, 3.63) is 109 Å². The van der Waals surface area contributed by atoms with Gasteiger partial charge in [-0.25, -0.2) is 18.9 Å². The van der Waals surface area contributed by atoms with Crippen LogP contribution in [-0.2, 0) is 18.3 Å². The Hall–Kier alpha value is -6.67. The number of nitrogens with one attached hydrogen (secondary N) is 3. The van der Waals surface area contributed by atoms with Gasteiger partial charge in [0, 0.05) is 78.3 Å². The van der Waals surface area contributed by atoms with Gasteiger partial charge in [0.2, 0.25) is 17.3 Å². The molecule has 0 bridgehead atoms. The quantitative estimate of drug-likeness (QED) is 0.0394. The fourth-order valence-electron chi connectivity index (χ4n) is 11.6. The maximum atomic E-state index is 14.0. The summed E-state index contributed by atoms with van der Waals surface area (Å²) in [6.45, 7) is 19.2. The molecule has 1 amide bonds. The monoisotopic (exact) mass is 1030 g/mol. The number of carboxylic acids is 1. The number of imidazole rings is 1. The number of carboxylic acid groups (broad SMARTS) is 1. The van der Waals surface area contributed by atoms with Crippen LogP contribution in [0.25, 0.3) is 27.9 Å². The normalized spacial score (nSPS) is 23.2. The molecule has 2 fully saturated rings. The lowest BCUT2D eigenvalue weighted by atomic mass is 9.83. The topological polar surface area (TPSA) is 269 Å². The molecule has 21 heteroatoms. The summed E-state index contributed by atoms with van der Waals surface area (Å²) in [5, 5.41) is 30.0. The average molecular weight is 1030 g/mol. The third-order valence-electron chi connectivity index (χ3n) is 14.8. The number of aromatic carboxylic acids is 1. The molecule has 5 aliphatic heterocycles. The highest BCUT2D eigenvalue weighted by atomic mass is 31.2. The molecule has 20 nitrogen and oxygen atoms in total. The van der Waals surface area contributed by atoms with E-state index in [1.807, 2.05) is 0 Å². The first-order valence-electron chi connectivity index (χ1n) is 25.1. The van der Waals surface area contributed by atoms with Gasteiger partial charge in [-0.3, -0.25) is 28.2 Å². The number of aliphatic hydroxyl groups excluding tert-OH is 1. The third-order valence-corrected chi connectivity index (χ3v) is 15.8. The maximum absolute atomic E-state index is 14.0. The van der Waals surface area contributed by atoms with Crippen LogP contribution in [0.15, 0.2) is 59.4 Å². The number of allylic oxidation sites excluding steroid dienone is 2. The van der Waals surface area contributed by atoms with Crippen molar-refractivity contribution in [3.8, 4) is 11.5 Å². The van der Waals surface area contributed by atoms with Crippen LogP contribution in [-0.4, -0.2) is 109 Å². The second-order valence-electron chi connectivity index (χ2n) is 20.6. The third kappa shape index (κ3) is 8.90. The molecule has 5 atom stereocenters. The Morgan fingerprint density at radius 3 is 2.42 bits per heavy atom. The predicted octanol–water partition coefficient (Wildman–Crippen LogP) is 5.66. The molecule has 2 saturated heterocycles. The van der Waals surface area contributed by atoms with Crippen molar-refractivity contribution in [2.24, 2.45) is 0 Å². The minimum absolute atomic E-state index is 0.0309. The van der Waals surface area contributed by atoms with Crippen LogP contribution >= 0.6 is 7.82 Å². The number of H-pyrrole nitrogens is 1. The Balaban J connectivity index is 0.886. The first kappa shape index (κ1) is 50.8. The molecule has 5 aromatic rings. The molecular formula is C53H63N9O11P+. The van der Waals surface area contributed by atoms with E-state index in [1.165, 1.54) is 10.6 Å². The van der Waals surface area contributed by atoms with E-state index in [0.717, 1.165) is 70.0 Å². The standard InChI is InChI=1S/C53H62N9O11P/c1-9-60-36-22-38-34(20-31(36)27(3)24-52(60,5)6)41(35-21-32-28(4)25-53(7,8)61(10-2)37(32)23-39(35)71-38)33-19-29(15-16-30(33)49(66)67)46(64)55-17-13-11-12-14-18-56-51-57-42-45(58-50(54)59-47(42)65)62(51)48-43(63)44-40(72-48)26-70-74(68,69)73-44/h15-16,19-25,40,43-44,48,63H,9-14,17-18,26H2,1-8H3,(H6-,54,55,56,57,58,59,64,65,66,67,68,69)/p+1/t40-,43-,44-,48-/m1/s1. The number of aromatic nitrogens is 4. The van der Waals surface area contributed by atoms with Crippen LogP contribution in [0.3, 0.4) is 0 Å². The SMILES string of the molecule is CCN1c2cc3c(cc2C(C)=CC1(C)C)C(c1cc(C(=O)NCCCCCCNc2nc4c(=O)[nH]c(N)nc4n2[C@@H]2O[C@@H]4COP(=O)(O)O[C@H]4[C@H]2O)ccc1C(=O)O)=c1cc2c(cc1O3)=[N+](CC)C(C)(C)C=C2C. The molecule has 3 aromatic carbocycles. The van der Waals surface area contributed by atoms with Gasteiger partial charge in [0.05, 0.1) is 23.8 Å². The fraction of sp³-hybridized carbons (Fsp3) is 0.434. The molecule has 1 unspecified atom stereocenters. The number of aromatic amines is 1. The van der Waals surface area contributed by atoms with Crippen molar-refractivity contribution in [1.29, 1.82) is 0 Å². The molecule has 0 saturated carbocycles. The molecule has 5 aliphatic rings. The number of nitrogen functional groups attached to an aromatic ring is 1. The van der Waals surface area contributed by atoms with E-state index < -0.39 is 43.9 Å². The van der Waals surface area contributed by atoms with Gasteiger partial charge in [-0.1, -0.05) is 18.9 Å². The molecule has 2 aromatic heterocycles. The summed E-state index contributed by atoms with van der Waals surface area (Å²) in [4.78, 5) is 63.4. The van der Waals surface area contributed by atoms with E-state index in [4.69, 9.17) is 24.3 Å². The Bertz CT molecular complexity index is 3490. The summed E-state index contributed by atoms with van der Waals surface area (Å²) in [7, 11) is -4.40. The molecule has 0 aliphatic carbocycles. The van der Waals surface area contributed by atoms with E-state index in [-0.39, 0.29) is 52.2 Å². The van der Waals surface area contributed by atoms with Crippen LogP contribution in [0, 0.1) is 0 Å². The van der Waals surface area contributed by atoms with Gasteiger partial charge in [-0.15, -0.1) is 0 Å². The number of amides is 1. The van der Waals surface area contributed by atoms with E-state index in [2.05, 4.69) is 127 Å². The predicted molar refractivity (Wildman–Crippen MR) is 280 cm³/mol. The van der Waals surface area contributed by atoms with Crippen molar-refractivity contribution in [1.82, 2.24) is 29.4 Å². The Labute approximate surface area is 426 Å². The highest BCUT2D eigenvalue weighted by Gasteiger charge is 2.53. The number of carbonyl (C=O) groups is 2. The summed E-state index contributed by atoms with van der Waals surface area (Å²) < 4.78 is 38.8. The Kier molecular flexibility index (Phi) is 13.0. The van der Waals surface area contributed by atoms with Gasteiger partial charge in [-0.2, -0.15) is 4.98 Å². The van der Waals surface area contributed by atoms with E-state index in [1.54, 1.807) is 12.1 Å². The zero-order valence-electron chi connectivity index (χ0n) is 42.7. The second-order valence-corrected chi connectivity index (χ2v) is 22.0. The van der Waals surface area contributed by atoms with Crippen molar-refractivity contribution >= 4 is 65.2 Å². The second kappa shape index (κ2) is 18.9. The number of fused-ring (bicyclic) bond motifs is 6. The van der Waals surface area contributed by atoms with Gasteiger partial charge in [0.1, 0.15) is 36.4 Å². The molecule has 0 spiro atoms. The van der Waals surface area contributed by atoms with Gasteiger partial charge < -0.3 is 45.8 Å². The van der Waals surface area contributed by atoms with Crippen LogP contribution in [0.1, 0.15) is 130 Å². The lowest BCUT2D eigenvalue weighted by molar-refractivity contribution is -0.0659. The molecule has 390 valence electrons. The number of nitrogens with zero attached hydrogens (tertiary/aromatic N) is 5. The largest absolute Gasteiger partial charge is 0.478 e. The van der Waals surface area contributed by atoms with Gasteiger partial charge in [0.25, 0.3) is 11.5 Å². The van der Waals surface area contributed by atoms with Gasteiger partial charge in [-0.05, 0) is 108 Å². The smallest absolute Gasteiger partial charge is 0.472 e. The summed E-state index contributed by atoms with van der Waals surface area (Å²) in [6.07, 6.45) is 2.56. The summed E-state index contributed by atoms with van der Waals surface area (Å²) in [5.74, 6) is -0.288. The fourth-order valence-corrected chi connectivity index (χ4v) is 12.5. The molecule has 10 rings (SSSR count).